The summed E-state index contributed by atoms with van der Waals surface area (Å²) in [5.41, 5.74) is 0.852. The first-order valence-corrected chi connectivity index (χ1v) is 11.1. The zero-order chi connectivity index (χ0) is 20.9. The van der Waals surface area contributed by atoms with Crippen LogP contribution < -0.4 is 4.74 Å². The van der Waals surface area contributed by atoms with Crippen molar-refractivity contribution in [2.45, 2.75) is 12.7 Å². The van der Waals surface area contributed by atoms with Crippen LogP contribution in [0, 0.1) is 15.9 Å². The Labute approximate surface area is 171 Å². The highest BCUT2D eigenvalue weighted by Crippen LogP contribution is 2.63. The Kier molecular flexibility index (Phi) is 4.83. The molecule has 3 aliphatic heterocycles. The van der Waals surface area contributed by atoms with Crippen molar-refractivity contribution in [2.75, 3.05) is 32.8 Å². The molecule has 2 saturated heterocycles. The van der Waals surface area contributed by atoms with Gasteiger partial charge in [-0.3, -0.25) is 19.2 Å². The standard InChI is InChI=1S/C19H19FN3O6P/c20-15-3-1-2-4-17(15)28-18-10-14-13(9-16(18)23(24)25)11-27-12-19(14)29-30(26,21-5-6-21)22-7-8-22/h1-4,9-10,19H,5-8,11-12H2/t19-/m1/s1. The average molecular weight is 435 g/mol. The van der Waals surface area contributed by atoms with Crippen molar-refractivity contribution in [1.82, 2.24) is 9.34 Å². The molecule has 2 fully saturated rings. The van der Waals surface area contributed by atoms with Gasteiger partial charge < -0.3 is 9.47 Å². The molecule has 0 radical (unpaired) electrons. The Morgan fingerprint density at radius 3 is 2.47 bits per heavy atom. The predicted molar refractivity (Wildman–Crippen MR) is 104 cm³/mol. The van der Waals surface area contributed by atoms with E-state index in [-0.39, 0.29) is 30.4 Å². The molecule has 9 nitrogen and oxygen atoms in total. The van der Waals surface area contributed by atoms with Crippen molar-refractivity contribution in [2.24, 2.45) is 0 Å². The molecular weight excluding hydrogens is 416 g/mol. The highest BCUT2D eigenvalue weighted by Gasteiger charge is 2.51. The number of nitro benzene ring substituents is 1. The van der Waals surface area contributed by atoms with Gasteiger partial charge in [0.25, 0.3) is 0 Å². The second-order valence-corrected chi connectivity index (χ2v) is 9.64. The highest BCUT2D eigenvalue weighted by atomic mass is 31.2. The van der Waals surface area contributed by atoms with Gasteiger partial charge in [0.15, 0.2) is 11.6 Å². The van der Waals surface area contributed by atoms with Gasteiger partial charge >= 0.3 is 13.4 Å². The van der Waals surface area contributed by atoms with Crippen molar-refractivity contribution in [1.29, 1.82) is 0 Å². The molecule has 0 aliphatic carbocycles. The molecule has 3 aliphatic rings. The van der Waals surface area contributed by atoms with E-state index in [4.69, 9.17) is 14.0 Å². The van der Waals surface area contributed by atoms with Gasteiger partial charge in [-0.25, -0.2) is 13.7 Å². The zero-order valence-corrected chi connectivity index (χ0v) is 16.8. The molecule has 0 amide bonds. The van der Waals surface area contributed by atoms with Crippen LogP contribution in [0.1, 0.15) is 17.2 Å². The van der Waals surface area contributed by atoms with Crippen LogP contribution in [-0.4, -0.2) is 47.1 Å². The Bertz CT molecular complexity index is 1040. The smallest absolute Gasteiger partial charge is 0.346 e. The lowest BCUT2D eigenvalue weighted by molar-refractivity contribution is -0.385. The number of ether oxygens (including phenoxy) is 2. The molecule has 0 N–H and O–H groups in total. The number of fused-ring (bicyclic) bond motifs is 1. The quantitative estimate of drug-likeness (QED) is 0.280. The minimum Gasteiger partial charge on any atom is -0.447 e. The first-order valence-electron chi connectivity index (χ1n) is 9.56. The van der Waals surface area contributed by atoms with Crippen molar-refractivity contribution in [3.05, 3.63) is 63.5 Å². The number of nitrogens with zero attached hydrogens (tertiary/aromatic N) is 3. The van der Waals surface area contributed by atoms with Crippen LogP contribution in [0.15, 0.2) is 36.4 Å². The Balaban J connectivity index is 1.51. The normalized spacial score (nSPS) is 21.2. The Morgan fingerprint density at radius 2 is 1.83 bits per heavy atom. The van der Waals surface area contributed by atoms with Gasteiger partial charge in [0.2, 0.25) is 5.75 Å². The maximum Gasteiger partial charge on any atom is 0.346 e. The van der Waals surface area contributed by atoms with Gasteiger partial charge in [-0.15, -0.1) is 0 Å². The molecule has 0 saturated carbocycles. The van der Waals surface area contributed by atoms with E-state index in [2.05, 4.69) is 0 Å². The average Bonchev–Trinajstić information content (AvgIpc) is 3.62. The van der Waals surface area contributed by atoms with E-state index in [1.807, 2.05) is 0 Å². The fraction of sp³-hybridized carbons (Fsp3) is 0.368. The lowest BCUT2D eigenvalue weighted by Gasteiger charge is -2.30. The fourth-order valence-corrected chi connectivity index (χ4v) is 5.77. The Morgan fingerprint density at radius 1 is 1.13 bits per heavy atom. The number of benzene rings is 2. The first kappa shape index (κ1) is 19.6. The highest BCUT2D eigenvalue weighted by molar-refractivity contribution is 7.54. The molecule has 2 aromatic rings. The molecular formula is C19H19FN3O6P. The molecule has 0 aromatic heterocycles. The van der Waals surface area contributed by atoms with Gasteiger partial charge in [-0.2, -0.15) is 0 Å². The summed E-state index contributed by atoms with van der Waals surface area (Å²) in [5.74, 6) is -0.857. The second kappa shape index (κ2) is 7.40. The first-order chi connectivity index (χ1) is 14.5. The summed E-state index contributed by atoms with van der Waals surface area (Å²) in [6, 6.07) is 8.51. The van der Waals surface area contributed by atoms with Crippen LogP contribution in [-0.2, 0) is 20.4 Å². The van der Waals surface area contributed by atoms with Gasteiger partial charge in [-0.05, 0) is 29.3 Å². The largest absolute Gasteiger partial charge is 0.447 e. The number of para-hydroxylation sites is 1. The molecule has 0 unspecified atom stereocenters. The Hall–Kier alpha value is -2.36. The molecule has 0 bridgehead atoms. The number of hydrogen-bond donors (Lipinski definition) is 0. The third-order valence-corrected chi connectivity index (χ3v) is 7.93. The van der Waals surface area contributed by atoms with Crippen LogP contribution in [0.25, 0.3) is 0 Å². The molecule has 2 aromatic carbocycles. The lowest BCUT2D eigenvalue weighted by atomic mass is 9.99. The fourth-order valence-electron chi connectivity index (χ4n) is 3.45. The van der Waals surface area contributed by atoms with Gasteiger partial charge in [0.05, 0.1) is 18.1 Å². The summed E-state index contributed by atoms with van der Waals surface area (Å²) in [5, 5.41) is 11.6. The summed E-state index contributed by atoms with van der Waals surface area (Å²) in [6.07, 6.45) is -0.676. The van der Waals surface area contributed by atoms with Gasteiger partial charge in [0, 0.05) is 32.2 Å². The number of nitro groups is 1. The van der Waals surface area contributed by atoms with E-state index in [1.165, 1.54) is 30.3 Å². The summed E-state index contributed by atoms with van der Waals surface area (Å²) in [4.78, 5) is 11.0. The van der Waals surface area contributed by atoms with Crippen LogP contribution in [0.5, 0.6) is 11.5 Å². The monoisotopic (exact) mass is 435 g/mol. The zero-order valence-electron chi connectivity index (χ0n) is 15.9. The summed E-state index contributed by atoms with van der Waals surface area (Å²) >= 11 is 0. The molecule has 30 heavy (non-hydrogen) atoms. The van der Waals surface area contributed by atoms with E-state index in [9.17, 15) is 19.1 Å². The van der Waals surface area contributed by atoms with Crippen LogP contribution >= 0.6 is 7.67 Å². The number of hydrogen-bond acceptors (Lipinski definition) is 6. The van der Waals surface area contributed by atoms with Crippen molar-refractivity contribution in [3.8, 4) is 11.5 Å². The van der Waals surface area contributed by atoms with Crippen LogP contribution in [0.3, 0.4) is 0 Å². The van der Waals surface area contributed by atoms with E-state index in [1.54, 1.807) is 15.4 Å². The second-order valence-electron chi connectivity index (χ2n) is 7.32. The number of rotatable bonds is 7. The molecule has 11 heteroatoms. The van der Waals surface area contributed by atoms with Gasteiger partial charge in [0.1, 0.15) is 6.10 Å². The van der Waals surface area contributed by atoms with Crippen molar-refractivity contribution >= 4 is 13.4 Å². The third kappa shape index (κ3) is 3.61. The lowest BCUT2D eigenvalue weighted by Crippen LogP contribution is -2.21. The minimum atomic E-state index is -3.13. The molecule has 158 valence electrons. The van der Waals surface area contributed by atoms with E-state index >= 15 is 0 Å². The van der Waals surface area contributed by atoms with E-state index in [0.29, 0.717) is 37.3 Å². The SMILES string of the molecule is O=[N+]([O-])c1cc2c(cc1Oc1ccccc1F)[C@H](OP(=O)(N1CC1)N1CC1)COC2. The molecule has 5 rings (SSSR count). The minimum absolute atomic E-state index is 0.104. The topological polar surface area (TPSA) is 93.9 Å². The number of halogens is 1. The molecule has 0 spiro atoms. The van der Waals surface area contributed by atoms with Crippen molar-refractivity contribution < 1.29 is 27.9 Å². The maximum atomic E-state index is 14.1. The van der Waals surface area contributed by atoms with Crippen LogP contribution in [0.2, 0.25) is 0 Å². The maximum absolute atomic E-state index is 14.1. The summed E-state index contributed by atoms with van der Waals surface area (Å²) in [7, 11) is -3.13. The third-order valence-electron chi connectivity index (χ3n) is 5.17. The van der Waals surface area contributed by atoms with Crippen molar-refractivity contribution in [3.63, 3.8) is 0 Å². The molecule has 1 atom stereocenters. The molecule has 3 heterocycles. The van der Waals surface area contributed by atoms with E-state index < -0.39 is 24.5 Å². The summed E-state index contributed by atoms with van der Waals surface area (Å²) < 4.78 is 48.2. The summed E-state index contributed by atoms with van der Waals surface area (Å²) in [6.45, 7) is 3.14. The van der Waals surface area contributed by atoms with Crippen LogP contribution in [0.4, 0.5) is 10.1 Å². The van der Waals surface area contributed by atoms with E-state index in [0.717, 1.165) is 0 Å². The predicted octanol–water partition coefficient (Wildman–Crippen LogP) is 3.85. The van der Waals surface area contributed by atoms with Gasteiger partial charge in [-0.1, -0.05) is 12.1 Å².